The van der Waals surface area contributed by atoms with Crippen LogP contribution < -0.4 is 5.32 Å². The third kappa shape index (κ3) is 3.42. The second-order valence-electron chi connectivity index (χ2n) is 6.11. The molecule has 3 aromatic heterocycles. The topological polar surface area (TPSA) is 84.7 Å². The minimum atomic E-state index is -0.387. The number of nitrogens with one attached hydrogen (secondary N) is 1. The molecule has 1 N–H and O–H groups in total. The van der Waals surface area contributed by atoms with Crippen LogP contribution in [0.25, 0.3) is 5.65 Å². The molecular weight excluding hydrogens is 332 g/mol. The lowest BCUT2D eigenvalue weighted by molar-refractivity contribution is -0.128. The second kappa shape index (κ2) is 7.59. The first-order valence-electron chi connectivity index (χ1n) is 8.59. The Labute approximate surface area is 150 Å². The van der Waals surface area contributed by atoms with Crippen LogP contribution in [0.1, 0.15) is 17.2 Å². The van der Waals surface area contributed by atoms with Gasteiger partial charge in [-0.05, 0) is 17.7 Å². The summed E-state index contributed by atoms with van der Waals surface area (Å²) in [5, 5.41) is 7.29. The van der Waals surface area contributed by atoms with E-state index in [1.165, 1.54) is 0 Å². The average molecular weight is 352 g/mol. The fourth-order valence-electron chi connectivity index (χ4n) is 3.18. The van der Waals surface area contributed by atoms with Gasteiger partial charge in [-0.1, -0.05) is 6.07 Å². The monoisotopic (exact) mass is 352 g/mol. The predicted molar refractivity (Wildman–Crippen MR) is 94.2 cm³/mol. The van der Waals surface area contributed by atoms with Gasteiger partial charge in [0.15, 0.2) is 5.65 Å². The van der Waals surface area contributed by atoms with Crippen molar-refractivity contribution in [2.75, 3.05) is 26.3 Å². The molecule has 134 valence electrons. The molecule has 1 fully saturated rings. The highest BCUT2D eigenvalue weighted by Gasteiger charge is 2.29. The van der Waals surface area contributed by atoms with Gasteiger partial charge in [-0.3, -0.25) is 14.7 Å². The highest BCUT2D eigenvalue weighted by atomic mass is 16.5. The molecule has 26 heavy (non-hydrogen) atoms. The summed E-state index contributed by atoms with van der Waals surface area (Å²) in [7, 11) is 0. The standard InChI is InChI=1S/C18H20N6O2/c25-18(21-12-15-13-22-24-6-2-5-20-17(15)24)16(14-3-1-4-19-11-14)23-7-9-26-10-8-23/h1-6,11,13,16H,7-10,12H2,(H,21,25)/t16-/m0/s1. The van der Waals surface area contributed by atoms with Crippen LogP contribution in [-0.4, -0.2) is 56.7 Å². The third-order valence-corrected chi connectivity index (χ3v) is 4.46. The van der Waals surface area contributed by atoms with Crippen LogP contribution >= 0.6 is 0 Å². The van der Waals surface area contributed by atoms with Gasteiger partial charge in [0.1, 0.15) is 6.04 Å². The summed E-state index contributed by atoms with van der Waals surface area (Å²) in [5.41, 5.74) is 2.51. The molecule has 0 unspecified atom stereocenters. The van der Waals surface area contributed by atoms with Gasteiger partial charge in [0.05, 0.1) is 19.4 Å². The van der Waals surface area contributed by atoms with Crippen LogP contribution in [0.3, 0.4) is 0 Å². The minimum absolute atomic E-state index is 0.0600. The van der Waals surface area contributed by atoms with Gasteiger partial charge in [-0.15, -0.1) is 0 Å². The molecule has 3 aromatic rings. The van der Waals surface area contributed by atoms with Gasteiger partial charge in [0.25, 0.3) is 0 Å². The van der Waals surface area contributed by atoms with Crippen LogP contribution in [0, 0.1) is 0 Å². The molecule has 8 heteroatoms. The maximum Gasteiger partial charge on any atom is 0.242 e. The number of fused-ring (bicyclic) bond motifs is 1. The molecule has 4 heterocycles. The van der Waals surface area contributed by atoms with Crippen molar-refractivity contribution in [2.24, 2.45) is 0 Å². The van der Waals surface area contributed by atoms with Crippen molar-refractivity contribution in [3.05, 3.63) is 60.3 Å². The van der Waals surface area contributed by atoms with E-state index in [4.69, 9.17) is 4.74 Å². The second-order valence-corrected chi connectivity index (χ2v) is 6.11. The van der Waals surface area contributed by atoms with Gasteiger partial charge in [-0.25, -0.2) is 9.50 Å². The summed E-state index contributed by atoms with van der Waals surface area (Å²) in [6, 6.07) is 5.22. The molecule has 0 aromatic carbocycles. The Morgan fingerprint density at radius 3 is 2.92 bits per heavy atom. The molecule has 1 atom stereocenters. The fraction of sp³-hybridized carbons (Fsp3) is 0.333. The third-order valence-electron chi connectivity index (χ3n) is 4.46. The minimum Gasteiger partial charge on any atom is -0.379 e. The summed E-state index contributed by atoms with van der Waals surface area (Å²) in [6.45, 7) is 3.06. The smallest absolute Gasteiger partial charge is 0.242 e. The Balaban J connectivity index is 1.52. The van der Waals surface area contributed by atoms with E-state index in [-0.39, 0.29) is 11.9 Å². The summed E-state index contributed by atoms with van der Waals surface area (Å²) in [4.78, 5) is 23.6. The number of morpholine rings is 1. The summed E-state index contributed by atoms with van der Waals surface area (Å²) >= 11 is 0. The highest BCUT2D eigenvalue weighted by molar-refractivity contribution is 5.83. The molecule has 0 saturated carbocycles. The normalized spacial score (nSPS) is 16.5. The van der Waals surface area contributed by atoms with Gasteiger partial charge in [-0.2, -0.15) is 5.10 Å². The van der Waals surface area contributed by atoms with Crippen molar-refractivity contribution in [2.45, 2.75) is 12.6 Å². The molecule has 1 aliphatic heterocycles. The lowest BCUT2D eigenvalue weighted by Gasteiger charge is -2.33. The maximum absolute atomic E-state index is 13.0. The van der Waals surface area contributed by atoms with Crippen LogP contribution in [0.2, 0.25) is 0 Å². The average Bonchev–Trinajstić information content (AvgIpc) is 3.11. The molecule has 4 rings (SSSR count). The molecular formula is C18H20N6O2. The number of ether oxygens (including phenoxy) is 1. The zero-order chi connectivity index (χ0) is 17.8. The van der Waals surface area contributed by atoms with Crippen molar-refractivity contribution >= 4 is 11.6 Å². The first-order valence-corrected chi connectivity index (χ1v) is 8.59. The van der Waals surface area contributed by atoms with Crippen molar-refractivity contribution in [3.8, 4) is 0 Å². The number of carbonyl (C=O) groups is 1. The molecule has 8 nitrogen and oxygen atoms in total. The zero-order valence-corrected chi connectivity index (χ0v) is 14.3. The first-order chi connectivity index (χ1) is 12.8. The molecule has 0 spiro atoms. The number of nitrogens with zero attached hydrogens (tertiary/aromatic N) is 5. The molecule has 0 bridgehead atoms. The van der Waals surface area contributed by atoms with E-state index < -0.39 is 0 Å². The van der Waals surface area contributed by atoms with E-state index in [1.807, 2.05) is 24.4 Å². The van der Waals surface area contributed by atoms with Crippen molar-refractivity contribution in [1.82, 2.24) is 29.8 Å². The number of aromatic nitrogens is 4. The van der Waals surface area contributed by atoms with Crippen LogP contribution in [0.4, 0.5) is 0 Å². The van der Waals surface area contributed by atoms with Gasteiger partial charge in [0, 0.05) is 50.0 Å². The van der Waals surface area contributed by atoms with E-state index in [1.54, 1.807) is 29.3 Å². The van der Waals surface area contributed by atoms with E-state index in [0.29, 0.717) is 32.8 Å². The summed E-state index contributed by atoms with van der Waals surface area (Å²) in [5.74, 6) is -0.0600. The Bertz CT molecular complexity index is 876. The Morgan fingerprint density at radius 1 is 1.23 bits per heavy atom. The SMILES string of the molecule is O=C(NCc1cnn2cccnc12)[C@H](c1cccnc1)N1CCOCC1. The molecule has 1 saturated heterocycles. The van der Waals surface area contributed by atoms with E-state index in [0.717, 1.165) is 16.8 Å². The fourth-order valence-corrected chi connectivity index (χ4v) is 3.18. The number of pyridine rings is 1. The van der Waals surface area contributed by atoms with E-state index in [2.05, 4.69) is 25.3 Å². The van der Waals surface area contributed by atoms with Crippen molar-refractivity contribution < 1.29 is 9.53 Å². The molecule has 1 amide bonds. The van der Waals surface area contributed by atoms with E-state index in [9.17, 15) is 4.79 Å². The largest absolute Gasteiger partial charge is 0.379 e. The van der Waals surface area contributed by atoms with Crippen molar-refractivity contribution in [3.63, 3.8) is 0 Å². The quantitative estimate of drug-likeness (QED) is 0.732. The lowest BCUT2D eigenvalue weighted by atomic mass is 10.1. The maximum atomic E-state index is 13.0. The van der Waals surface area contributed by atoms with Crippen LogP contribution in [-0.2, 0) is 16.1 Å². The Kier molecular flexibility index (Phi) is 4.85. The lowest BCUT2D eigenvalue weighted by Crippen LogP contribution is -2.45. The highest BCUT2D eigenvalue weighted by Crippen LogP contribution is 2.21. The van der Waals surface area contributed by atoms with Crippen LogP contribution in [0.5, 0.6) is 0 Å². The summed E-state index contributed by atoms with van der Waals surface area (Å²) in [6.07, 6.45) is 8.74. The van der Waals surface area contributed by atoms with Gasteiger partial charge >= 0.3 is 0 Å². The predicted octanol–water partition coefficient (Wildman–Crippen LogP) is 0.814. The van der Waals surface area contributed by atoms with Gasteiger partial charge in [0.2, 0.25) is 5.91 Å². The molecule has 0 radical (unpaired) electrons. The molecule has 0 aliphatic carbocycles. The van der Waals surface area contributed by atoms with Crippen LogP contribution in [0.15, 0.2) is 49.2 Å². The van der Waals surface area contributed by atoms with Crippen molar-refractivity contribution in [1.29, 1.82) is 0 Å². The van der Waals surface area contributed by atoms with Gasteiger partial charge < -0.3 is 10.1 Å². The summed E-state index contributed by atoms with van der Waals surface area (Å²) < 4.78 is 7.12. The number of hydrogen-bond acceptors (Lipinski definition) is 6. The van der Waals surface area contributed by atoms with E-state index >= 15 is 0 Å². The molecule has 1 aliphatic rings. The zero-order valence-electron chi connectivity index (χ0n) is 14.3. The number of carbonyl (C=O) groups excluding carboxylic acids is 1. The Morgan fingerprint density at radius 2 is 2.12 bits per heavy atom. The number of hydrogen-bond donors (Lipinski definition) is 1. The number of amides is 1. The number of rotatable bonds is 5. The Hall–Kier alpha value is -2.84. The first kappa shape index (κ1) is 16.6.